The first-order valence-corrected chi connectivity index (χ1v) is 6.50. The summed E-state index contributed by atoms with van der Waals surface area (Å²) in [4.78, 5) is 10.9. The maximum atomic E-state index is 10.9. The normalized spacial score (nSPS) is 10.3. The lowest BCUT2D eigenvalue weighted by Gasteiger charge is -2.05. The van der Waals surface area contributed by atoms with Gasteiger partial charge >= 0.3 is 0 Å². The van der Waals surface area contributed by atoms with E-state index in [1.165, 1.54) is 0 Å². The average Bonchev–Trinajstić information content (AvgIpc) is 3.03. The molecule has 0 fully saturated rings. The number of carbonyl (C=O) groups is 1. The molecular formula is C16H13N3O2. The molecule has 104 valence electrons. The van der Waals surface area contributed by atoms with Crippen LogP contribution in [0.2, 0.25) is 0 Å². The predicted molar refractivity (Wildman–Crippen MR) is 77.5 cm³/mol. The number of hydrogen-bond acceptors (Lipinski definition) is 4. The summed E-state index contributed by atoms with van der Waals surface area (Å²) in [7, 11) is 0. The fourth-order valence-corrected chi connectivity index (χ4v) is 1.93. The maximum Gasteiger partial charge on any atom is 0.153 e. The Bertz CT molecular complexity index is 738. The van der Waals surface area contributed by atoms with Gasteiger partial charge in [-0.3, -0.25) is 4.79 Å². The minimum atomic E-state index is 0.262. The van der Waals surface area contributed by atoms with Crippen LogP contribution in [0.5, 0.6) is 5.75 Å². The van der Waals surface area contributed by atoms with Crippen molar-refractivity contribution in [1.82, 2.24) is 15.0 Å². The van der Waals surface area contributed by atoms with Gasteiger partial charge in [-0.15, -0.1) is 5.10 Å². The Morgan fingerprint density at radius 2 is 1.81 bits per heavy atom. The fraction of sp³-hybridized carbons (Fsp3) is 0.0625. The van der Waals surface area contributed by atoms with Crippen LogP contribution in [-0.2, 0) is 6.61 Å². The van der Waals surface area contributed by atoms with Crippen molar-refractivity contribution in [3.8, 4) is 11.4 Å². The van der Waals surface area contributed by atoms with Gasteiger partial charge in [-0.1, -0.05) is 35.5 Å². The molecule has 0 aliphatic rings. The second-order valence-electron chi connectivity index (χ2n) is 4.43. The van der Waals surface area contributed by atoms with Crippen LogP contribution in [0, 0.1) is 0 Å². The third kappa shape index (κ3) is 2.97. The molecule has 0 N–H and O–H groups in total. The van der Waals surface area contributed by atoms with Gasteiger partial charge in [0, 0.05) is 0 Å². The van der Waals surface area contributed by atoms with E-state index < -0.39 is 0 Å². The van der Waals surface area contributed by atoms with Crippen LogP contribution in [0.1, 0.15) is 16.1 Å². The molecule has 0 unspecified atom stereocenters. The molecule has 0 bridgehead atoms. The molecule has 0 aliphatic carbocycles. The van der Waals surface area contributed by atoms with Crippen LogP contribution in [0.25, 0.3) is 5.69 Å². The molecule has 0 radical (unpaired) electrons. The van der Waals surface area contributed by atoms with Crippen molar-refractivity contribution >= 4 is 6.29 Å². The number of benzene rings is 2. The number of rotatable bonds is 5. The highest BCUT2D eigenvalue weighted by Crippen LogP contribution is 2.17. The van der Waals surface area contributed by atoms with E-state index in [4.69, 9.17) is 4.74 Å². The van der Waals surface area contributed by atoms with Crippen molar-refractivity contribution < 1.29 is 9.53 Å². The zero-order valence-corrected chi connectivity index (χ0v) is 11.2. The zero-order valence-electron chi connectivity index (χ0n) is 11.2. The van der Waals surface area contributed by atoms with Gasteiger partial charge < -0.3 is 4.74 Å². The van der Waals surface area contributed by atoms with Crippen molar-refractivity contribution in [3.63, 3.8) is 0 Å². The third-order valence-electron chi connectivity index (χ3n) is 2.98. The van der Waals surface area contributed by atoms with E-state index in [2.05, 4.69) is 10.3 Å². The summed E-state index contributed by atoms with van der Waals surface area (Å²) in [5.41, 5.74) is 2.15. The minimum absolute atomic E-state index is 0.262. The van der Waals surface area contributed by atoms with Gasteiger partial charge in [0.05, 0.1) is 17.4 Å². The summed E-state index contributed by atoms with van der Waals surface area (Å²) < 4.78 is 7.30. The smallest absolute Gasteiger partial charge is 0.153 e. The van der Waals surface area contributed by atoms with Gasteiger partial charge in [0.2, 0.25) is 0 Å². The zero-order chi connectivity index (χ0) is 14.5. The number of aromatic nitrogens is 3. The number of para-hydroxylation sites is 2. The number of ether oxygens (including phenoxy) is 1. The van der Waals surface area contributed by atoms with Gasteiger partial charge in [0.1, 0.15) is 18.1 Å². The van der Waals surface area contributed by atoms with Crippen molar-refractivity contribution in [1.29, 1.82) is 0 Å². The van der Waals surface area contributed by atoms with E-state index in [0.717, 1.165) is 12.0 Å². The summed E-state index contributed by atoms with van der Waals surface area (Å²) >= 11 is 0. The SMILES string of the molecule is O=Cc1ccccc1OCc1cn(-c2ccccc2)nn1. The number of aldehydes is 1. The lowest BCUT2D eigenvalue weighted by molar-refractivity contribution is 0.111. The molecule has 3 rings (SSSR count). The van der Waals surface area contributed by atoms with Crippen LogP contribution in [-0.4, -0.2) is 21.3 Å². The molecule has 0 aliphatic heterocycles. The Balaban J connectivity index is 1.72. The summed E-state index contributed by atoms with van der Waals surface area (Å²) in [6.07, 6.45) is 2.58. The first-order chi connectivity index (χ1) is 10.4. The van der Waals surface area contributed by atoms with Crippen LogP contribution in [0.15, 0.2) is 60.8 Å². The van der Waals surface area contributed by atoms with E-state index in [1.54, 1.807) is 29.1 Å². The van der Waals surface area contributed by atoms with Crippen molar-refractivity contribution in [2.75, 3.05) is 0 Å². The molecule has 0 saturated heterocycles. The number of nitrogens with zero attached hydrogens (tertiary/aromatic N) is 3. The Morgan fingerprint density at radius 3 is 2.62 bits per heavy atom. The van der Waals surface area contributed by atoms with Gasteiger partial charge in [0.15, 0.2) is 6.29 Å². The van der Waals surface area contributed by atoms with Crippen LogP contribution in [0.3, 0.4) is 0 Å². The van der Waals surface area contributed by atoms with Crippen molar-refractivity contribution in [3.05, 3.63) is 72.1 Å². The number of hydrogen-bond donors (Lipinski definition) is 0. The molecule has 0 atom stereocenters. The third-order valence-corrected chi connectivity index (χ3v) is 2.98. The summed E-state index contributed by atoms with van der Waals surface area (Å²) in [6.45, 7) is 0.262. The van der Waals surface area contributed by atoms with Crippen LogP contribution >= 0.6 is 0 Å². The topological polar surface area (TPSA) is 57.0 Å². The Kier molecular flexibility index (Phi) is 3.73. The van der Waals surface area contributed by atoms with E-state index in [-0.39, 0.29) is 6.61 Å². The number of carbonyl (C=O) groups excluding carboxylic acids is 1. The second kappa shape index (κ2) is 6.00. The Hall–Kier alpha value is -2.95. The molecule has 5 heteroatoms. The molecule has 1 aromatic heterocycles. The van der Waals surface area contributed by atoms with E-state index in [1.807, 2.05) is 36.4 Å². The highest BCUT2D eigenvalue weighted by molar-refractivity contribution is 5.79. The molecule has 0 saturated carbocycles. The van der Waals surface area contributed by atoms with E-state index in [0.29, 0.717) is 17.0 Å². The molecule has 2 aromatic carbocycles. The molecule has 3 aromatic rings. The van der Waals surface area contributed by atoms with Gasteiger partial charge in [-0.2, -0.15) is 0 Å². The summed E-state index contributed by atoms with van der Waals surface area (Å²) in [6, 6.07) is 16.8. The lowest BCUT2D eigenvalue weighted by atomic mass is 10.2. The molecule has 5 nitrogen and oxygen atoms in total. The fourth-order valence-electron chi connectivity index (χ4n) is 1.93. The highest BCUT2D eigenvalue weighted by Gasteiger charge is 2.05. The average molecular weight is 279 g/mol. The largest absolute Gasteiger partial charge is 0.486 e. The summed E-state index contributed by atoms with van der Waals surface area (Å²) in [5, 5.41) is 8.12. The molecule has 1 heterocycles. The monoisotopic (exact) mass is 279 g/mol. The minimum Gasteiger partial charge on any atom is -0.486 e. The van der Waals surface area contributed by atoms with Gasteiger partial charge in [-0.25, -0.2) is 4.68 Å². The second-order valence-corrected chi connectivity index (χ2v) is 4.43. The van der Waals surface area contributed by atoms with E-state index in [9.17, 15) is 4.79 Å². The Labute approximate surface area is 121 Å². The lowest BCUT2D eigenvalue weighted by Crippen LogP contribution is -1.98. The van der Waals surface area contributed by atoms with Crippen molar-refractivity contribution in [2.24, 2.45) is 0 Å². The van der Waals surface area contributed by atoms with Gasteiger partial charge in [-0.05, 0) is 24.3 Å². The quantitative estimate of drug-likeness (QED) is 0.674. The summed E-state index contributed by atoms with van der Waals surface area (Å²) in [5.74, 6) is 0.543. The van der Waals surface area contributed by atoms with Crippen LogP contribution < -0.4 is 4.74 Å². The molecular weight excluding hydrogens is 266 g/mol. The van der Waals surface area contributed by atoms with Gasteiger partial charge in [0.25, 0.3) is 0 Å². The Morgan fingerprint density at radius 1 is 1.05 bits per heavy atom. The maximum absolute atomic E-state index is 10.9. The standard InChI is InChI=1S/C16H13N3O2/c20-11-13-6-4-5-9-16(13)21-12-14-10-19(18-17-14)15-7-2-1-3-8-15/h1-11H,12H2. The highest BCUT2D eigenvalue weighted by atomic mass is 16.5. The molecule has 0 spiro atoms. The first-order valence-electron chi connectivity index (χ1n) is 6.50. The first kappa shape index (κ1) is 13.1. The molecule has 21 heavy (non-hydrogen) atoms. The van der Waals surface area contributed by atoms with Crippen molar-refractivity contribution in [2.45, 2.75) is 6.61 Å². The predicted octanol–water partition coefficient (Wildman–Crippen LogP) is 2.66. The molecule has 0 amide bonds. The van der Waals surface area contributed by atoms with E-state index >= 15 is 0 Å². The van der Waals surface area contributed by atoms with Crippen LogP contribution in [0.4, 0.5) is 0 Å².